The van der Waals surface area contributed by atoms with Crippen LogP contribution in [0.4, 0.5) is 11.4 Å². The first-order valence-electron chi connectivity index (χ1n) is 5.48. The van der Waals surface area contributed by atoms with Gasteiger partial charge in [-0.1, -0.05) is 0 Å². The normalized spacial score (nSPS) is 15.6. The molecule has 6 nitrogen and oxygen atoms in total. The Bertz CT molecular complexity index is 461. The number of morpholine rings is 1. The van der Waals surface area contributed by atoms with Crippen LogP contribution in [0.3, 0.4) is 0 Å². The Hall–Kier alpha value is -1.34. The topological polar surface area (TPSA) is 64.8 Å². The second-order valence-corrected chi connectivity index (χ2v) is 4.69. The van der Waals surface area contributed by atoms with Gasteiger partial charge in [0.05, 0.1) is 29.7 Å². The number of hydrogen-bond donors (Lipinski definition) is 0. The summed E-state index contributed by atoms with van der Waals surface area (Å²) in [7, 11) is 1.54. The summed E-state index contributed by atoms with van der Waals surface area (Å²) in [6.07, 6.45) is 0. The minimum Gasteiger partial charge on any atom is -0.495 e. The molecule has 2 rings (SSSR count). The van der Waals surface area contributed by atoms with Gasteiger partial charge in [-0.25, -0.2) is 0 Å². The number of methoxy groups -OCH3 is 1. The number of nitro groups is 1. The fourth-order valence-corrected chi connectivity index (χ4v) is 2.39. The molecule has 1 aliphatic heterocycles. The average molecular weight is 317 g/mol. The number of rotatable bonds is 3. The maximum Gasteiger partial charge on any atom is 0.293 e. The van der Waals surface area contributed by atoms with E-state index in [1.165, 1.54) is 13.2 Å². The Labute approximate surface area is 113 Å². The van der Waals surface area contributed by atoms with Gasteiger partial charge in [0.25, 0.3) is 5.69 Å². The summed E-state index contributed by atoms with van der Waals surface area (Å²) in [5, 5.41) is 11.1. The van der Waals surface area contributed by atoms with Crippen LogP contribution in [-0.4, -0.2) is 38.3 Å². The van der Waals surface area contributed by atoms with E-state index < -0.39 is 0 Å². The molecule has 1 aromatic carbocycles. The van der Waals surface area contributed by atoms with E-state index >= 15 is 0 Å². The minimum absolute atomic E-state index is 0.0737. The summed E-state index contributed by atoms with van der Waals surface area (Å²) in [6.45, 7) is 2.45. The maximum absolute atomic E-state index is 11.1. The van der Waals surface area contributed by atoms with Gasteiger partial charge in [0.2, 0.25) is 0 Å². The molecular formula is C11H13BrN2O4. The Morgan fingerprint density at radius 2 is 2.11 bits per heavy atom. The highest BCUT2D eigenvalue weighted by molar-refractivity contribution is 9.10. The number of nitro benzene ring substituents is 1. The number of benzene rings is 1. The molecule has 0 aromatic heterocycles. The highest BCUT2D eigenvalue weighted by Gasteiger charge is 2.23. The van der Waals surface area contributed by atoms with E-state index in [-0.39, 0.29) is 10.6 Å². The van der Waals surface area contributed by atoms with Crippen LogP contribution >= 0.6 is 15.9 Å². The molecular weight excluding hydrogens is 304 g/mol. The Morgan fingerprint density at radius 3 is 2.67 bits per heavy atom. The number of ether oxygens (including phenoxy) is 2. The largest absolute Gasteiger partial charge is 0.495 e. The van der Waals surface area contributed by atoms with Gasteiger partial charge in [-0.2, -0.15) is 0 Å². The predicted molar refractivity (Wildman–Crippen MR) is 70.4 cm³/mol. The zero-order chi connectivity index (χ0) is 13.1. The molecule has 0 spiro atoms. The van der Waals surface area contributed by atoms with Crippen LogP contribution in [0.25, 0.3) is 0 Å². The molecule has 0 bridgehead atoms. The first-order valence-corrected chi connectivity index (χ1v) is 6.27. The Morgan fingerprint density at radius 1 is 1.44 bits per heavy atom. The first kappa shape index (κ1) is 13.1. The van der Waals surface area contributed by atoms with Gasteiger partial charge in [-0.15, -0.1) is 0 Å². The smallest absolute Gasteiger partial charge is 0.293 e. The lowest BCUT2D eigenvalue weighted by molar-refractivity contribution is -0.384. The van der Waals surface area contributed by atoms with Crippen molar-refractivity contribution in [1.29, 1.82) is 0 Å². The molecule has 18 heavy (non-hydrogen) atoms. The van der Waals surface area contributed by atoms with Crippen molar-refractivity contribution in [3.8, 4) is 5.75 Å². The second kappa shape index (κ2) is 5.53. The van der Waals surface area contributed by atoms with Crippen molar-refractivity contribution in [1.82, 2.24) is 0 Å². The van der Waals surface area contributed by atoms with Crippen LogP contribution in [0.15, 0.2) is 16.6 Å². The number of anilines is 1. The quantitative estimate of drug-likeness (QED) is 0.632. The van der Waals surface area contributed by atoms with E-state index in [4.69, 9.17) is 9.47 Å². The molecule has 1 aromatic rings. The summed E-state index contributed by atoms with van der Waals surface area (Å²) in [5.74, 6) is 0.585. The maximum atomic E-state index is 11.1. The molecule has 0 radical (unpaired) electrons. The van der Waals surface area contributed by atoms with Crippen LogP contribution < -0.4 is 9.64 Å². The summed E-state index contributed by atoms with van der Waals surface area (Å²) in [5.41, 5.74) is 0.646. The van der Waals surface area contributed by atoms with Crippen molar-refractivity contribution < 1.29 is 14.4 Å². The van der Waals surface area contributed by atoms with Crippen LogP contribution in [0.5, 0.6) is 5.75 Å². The molecule has 98 valence electrons. The first-order chi connectivity index (χ1) is 8.63. The van der Waals surface area contributed by atoms with Crippen LogP contribution in [-0.2, 0) is 4.74 Å². The monoisotopic (exact) mass is 316 g/mol. The fraction of sp³-hybridized carbons (Fsp3) is 0.455. The van der Waals surface area contributed by atoms with Crippen LogP contribution in [0.1, 0.15) is 0 Å². The predicted octanol–water partition coefficient (Wildman–Crippen LogP) is 2.20. The van der Waals surface area contributed by atoms with Gasteiger partial charge < -0.3 is 14.4 Å². The van der Waals surface area contributed by atoms with Gasteiger partial charge in [0.15, 0.2) is 0 Å². The fourth-order valence-electron chi connectivity index (χ4n) is 1.89. The van der Waals surface area contributed by atoms with E-state index in [1.807, 2.05) is 4.90 Å². The average Bonchev–Trinajstić information content (AvgIpc) is 2.39. The molecule has 0 aliphatic carbocycles. The summed E-state index contributed by atoms with van der Waals surface area (Å²) >= 11 is 3.26. The van der Waals surface area contributed by atoms with Gasteiger partial charge in [-0.05, 0) is 15.9 Å². The lowest BCUT2D eigenvalue weighted by Crippen LogP contribution is -2.36. The van der Waals surface area contributed by atoms with Crippen molar-refractivity contribution >= 4 is 27.3 Å². The minimum atomic E-state index is -0.380. The molecule has 0 unspecified atom stereocenters. The van der Waals surface area contributed by atoms with Gasteiger partial charge in [-0.3, -0.25) is 10.1 Å². The van der Waals surface area contributed by atoms with E-state index in [9.17, 15) is 10.1 Å². The SMILES string of the molecule is COc1cc(N2CCOCC2)c([N+](=O)[O-])cc1Br. The zero-order valence-corrected chi connectivity index (χ0v) is 11.5. The second-order valence-electron chi connectivity index (χ2n) is 3.83. The lowest BCUT2D eigenvalue weighted by atomic mass is 10.2. The highest BCUT2D eigenvalue weighted by Crippen LogP contribution is 2.38. The molecule has 0 N–H and O–H groups in total. The van der Waals surface area contributed by atoms with Crippen molar-refractivity contribution in [3.05, 3.63) is 26.7 Å². The molecule has 0 saturated carbocycles. The molecule has 0 atom stereocenters. The van der Waals surface area contributed by atoms with Crippen molar-refractivity contribution in [2.24, 2.45) is 0 Å². The lowest BCUT2D eigenvalue weighted by Gasteiger charge is -2.28. The third-order valence-electron chi connectivity index (χ3n) is 2.80. The number of halogens is 1. The van der Waals surface area contributed by atoms with E-state index in [0.29, 0.717) is 42.2 Å². The molecule has 7 heteroatoms. The third kappa shape index (κ3) is 2.56. The molecule has 1 fully saturated rings. The molecule has 1 saturated heterocycles. The molecule has 1 heterocycles. The highest BCUT2D eigenvalue weighted by atomic mass is 79.9. The molecule has 1 aliphatic rings. The van der Waals surface area contributed by atoms with Gasteiger partial charge >= 0.3 is 0 Å². The van der Waals surface area contributed by atoms with E-state index in [0.717, 1.165) is 0 Å². The zero-order valence-electron chi connectivity index (χ0n) is 9.89. The van der Waals surface area contributed by atoms with Gasteiger partial charge in [0.1, 0.15) is 11.4 Å². The molecule has 0 amide bonds. The Balaban J connectivity index is 2.44. The van der Waals surface area contributed by atoms with E-state index in [2.05, 4.69) is 15.9 Å². The van der Waals surface area contributed by atoms with Crippen LogP contribution in [0, 0.1) is 10.1 Å². The van der Waals surface area contributed by atoms with Crippen LogP contribution in [0.2, 0.25) is 0 Å². The third-order valence-corrected chi connectivity index (χ3v) is 3.42. The summed E-state index contributed by atoms with van der Waals surface area (Å²) in [6, 6.07) is 3.16. The van der Waals surface area contributed by atoms with Crippen molar-refractivity contribution in [3.63, 3.8) is 0 Å². The van der Waals surface area contributed by atoms with Crippen molar-refractivity contribution in [2.45, 2.75) is 0 Å². The summed E-state index contributed by atoms with van der Waals surface area (Å²) < 4.78 is 11.0. The van der Waals surface area contributed by atoms with E-state index in [1.54, 1.807) is 6.07 Å². The number of nitrogens with zero attached hydrogens (tertiary/aromatic N) is 2. The van der Waals surface area contributed by atoms with Crippen molar-refractivity contribution in [2.75, 3.05) is 38.3 Å². The standard InChI is InChI=1S/C11H13BrN2O4/c1-17-11-7-9(13-2-4-18-5-3-13)10(14(15)16)6-8(11)12/h6-7H,2-5H2,1H3. The van der Waals surface area contributed by atoms with Gasteiger partial charge in [0, 0.05) is 25.2 Å². The Kier molecular flexibility index (Phi) is 4.03. The summed E-state index contributed by atoms with van der Waals surface area (Å²) in [4.78, 5) is 12.7. The number of hydrogen-bond acceptors (Lipinski definition) is 5.